The van der Waals surface area contributed by atoms with E-state index in [2.05, 4.69) is 10.6 Å². The van der Waals surface area contributed by atoms with Crippen LogP contribution in [0.15, 0.2) is 0 Å². The molecule has 0 unspecified atom stereocenters. The molecule has 0 radical (unpaired) electrons. The van der Waals surface area contributed by atoms with E-state index in [1.807, 2.05) is 0 Å². The van der Waals surface area contributed by atoms with Crippen LogP contribution in [0, 0.1) is 5.41 Å². The number of aliphatic hydroxyl groups excluding tert-OH is 2. The largest absolute Gasteiger partial charge is 0.394 e. The van der Waals surface area contributed by atoms with Crippen LogP contribution in [0.4, 0.5) is 0 Å². The van der Waals surface area contributed by atoms with Crippen molar-refractivity contribution in [3.63, 3.8) is 0 Å². The van der Waals surface area contributed by atoms with Gasteiger partial charge >= 0.3 is 0 Å². The average Bonchev–Trinajstić information content (AvgIpc) is 2.28. The quantitative estimate of drug-likeness (QED) is 0.172. The first-order valence-corrected chi connectivity index (χ1v) is 5.24. The fourth-order valence-corrected chi connectivity index (χ4v) is 0.892. The number of guanidine groups is 1. The van der Waals surface area contributed by atoms with E-state index in [4.69, 9.17) is 25.1 Å². The van der Waals surface area contributed by atoms with Gasteiger partial charge in [0, 0.05) is 13.1 Å². The van der Waals surface area contributed by atoms with Crippen LogP contribution in [-0.2, 0) is 9.47 Å². The molecule has 0 fully saturated rings. The minimum Gasteiger partial charge on any atom is -0.394 e. The molecule has 0 aliphatic rings. The van der Waals surface area contributed by atoms with Crippen molar-refractivity contribution in [3.05, 3.63) is 0 Å². The van der Waals surface area contributed by atoms with Gasteiger partial charge in [0.2, 0.25) is 0 Å². The van der Waals surface area contributed by atoms with Gasteiger partial charge in [-0.15, -0.1) is 0 Å². The van der Waals surface area contributed by atoms with E-state index >= 15 is 0 Å². The Kier molecular flexibility index (Phi) is 11.5. The maximum Gasteiger partial charge on any atom is 0.188 e. The predicted molar refractivity (Wildman–Crippen MR) is 59.5 cm³/mol. The smallest absolute Gasteiger partial charge is 0.188 e. The van der Waals surface area contributed by atoms with E-state index in [0.29, 0.717) is 39.5 Å². The summed E-state index contributed by atoms with van der Waals surface area (Å²) in [6.07, 6.45) is 0. The molecule has 0 heterocycles. The van der Waals surface area contributed by atoms with Crippen LogP contribution in [0.3, 0.4) is 0 Å². The van der Waals surface area contributed by atoms with Crippen LogP contribution >= 0.6 is 0 Å². The molecule has 96 valence electrons. The van der Waals surface area contributed by atoms with Crippen molar-refractivity contribution in [1.29, 1.82) is 5.41 Å². The summed E-state index contributed by atoms with van der Waals surface area (Å²) in [4.78, 5) is 0. The van der Waals surface area contributed by atoms with Crippen molar-refractivity contribution >= 4 is 5.96 Å². The lowest BCUT2D eigenvalue weighted by Crippen LogP contribution is -2.39. The third-order valence-corrected chi connectivity index (χ3v) is 1.57. The van der Waals surface area contributed by atoms with Gasteiger partial charge in [-0.05, 0) is 0 Å². The maximum absolute atomic E-state index is 8.43. The van der Waals surface area contributed by atoms with Gasteiger partial charge in [-0.25, -0.2) is 0 Å². The van der Waals surface area contributed by atoms with E-state index in [9.17, 15) is 0 Å². The van der Waals surface area contributed by atoms with E-state index in [1.54, 1.807) is 0 Å². The molecule has 0 spiro atoms. The summed E-state index contributed by atoms with van der Waals surface area (Å²) < 4.78 is 10.0. The number of hydrogen-bond acceptors (Lipinski definition) is 5. The number of nitrogens with one attached hydrogen (secondary N) is 3. The standard InChI is InChI=1S/C9H21N3O4/c10-9(11-1-5-15-7-3-13)12-2-6-16-8-4-14/h13-14H,1-8H2,(H3,10,11,12). The second kappa shape index (κ2) is 12.2. The first-order chi connectivity index (χ1) is 7.81. The molecule has 0 atom stereocenters. The number of rotatable bonds is 10. The topological polar surface area (TPSA) is 107 Å². The molecule has 7 nitrogen and oxygen atoms in total. The highest BCUT2D eigenvalue weighted by atomic mass is 16.5. The molecule has 0 bridgehead atoms. The summed E-state index contributed by atoms with van der Waals surface area (Å²) in [5, 5.41) is 29.9. The van der Waals surface area contributed by atoms with E-state index in [1.165, 1.54) is 0 Å². The Balaban J connectivity index is 3.12. The summed E-state index contributed by atoms with van der Waals surface area (Å²) >= 11 is 0. The lowest BCUT2D eigenvalue weighted by Gasteiger charge is -2.10. The average molecular weight is 235 g/mol. The first-order valence-electron chi connectivity index (χ1n) is 5.24. The third-order valence-electron chi connectivity index (χ3n) is 1.57. The number of aliphatic hydroxyl groups is 2. The Morgan fingerprint density at radius 1 is 0.875 bits per heavy atom. The van der Waals surface area contributed by atoms with Crippen LogP contribution < -0.4 is 10.6 Å². The van der Waals surface area contributed by atoms with Gasteiger partial charge in [0.25, 0.3) is 0 Å². The van der Waals surface area contributed by atoms with Crippen LogP contribution in [0.25, 0.3) is 0 Å². The molecule has 0 saturated heterocycles. The summed E-state index contributed by atoms with van der Waals surface area (Å²) in [5.74, 6) is 0.209. The fraction of sp³-hybridized carbons (Fsp3) is 0.889. The Morgan fingerprint density at radius 2 is 1.31 bits per heavy atom. The van der Waals surface area contributed by atoms with Gasteiger partial charge in [-0.3, -0.25) is 5.41 Å². The van der Waals surface area contributed by atoms with E-state index in [0.717, 1.165) is 0 Å². The Labute approximate surface area is 95.3 Å². The second-order valence-electron chi connectivity index (χ2n) is 2.90. The first kappa shape index (κ1) is 15.1. The van der Waals surface area contributed by atoms with E-state index < -0.39 is 0 Å². The Bertz CT molecular complexity index is 153. The van der Waals surface area contributed by atoms with Crippen LogP contribution in [0.5, 0.6) is 0 Å². The highest BCUT2D eigenvalue weighted by molar-refractivity contribution is 5.76. The SMILES string of the molecule is N=C(NCCOCCO)NCCOCCO. The predicted octanol–water partition coefficient (Wildman–Crippen LogP) is -1.88. The lowest BCUT2D eigenvalue weighted by molar-refractivity contribution is 0.0943. The lowest BCUT2D eigenvalue weighted by atomic mass is 10.6. The van der Waals surface area contributed by atoms with Crippen molar-refractivity contribution < 1.29 is 19.7 Å². The summed E-state index contributed by atoms with van der Waals surface area (Å²) in [7, 11) is 0. The zero-order valence-corrected chi connectivity index (χ0v) is 9.37. The van der Waals surface area contributed by atoms with Crippen molar-refractivity contribution in [2.24, 2.45) is 0 Å². The zero-order valence-electron chi connectivity index (χ0n) is 9.37. The summed E-state index contributed by atoms with van der Waals surface area (Å²) in [6, 6.07) is 0. The molecule has 5 N–H and O–H groups in total. The van der Waals surface area contributed by atoms with Crippen molar-refractivity contribution in [3.8, 4) is 0 Å². The van der Waals surface area contributed by atoms with Gasteiger partial charge in [0.05, 0.1) is 39.6 Å². The number of ether oxygens (including phenoxy) is 2. The van der Waals surface area contributed by atoms with Gasteiger partial charge in [0.15, 0.2) is 5.96 Å². The fourth-order valence-electron chi connectivity index (χ4n) is 0.892. The Morgan fingerprint density at radius 3 is 1.69 bits per heavy atom. The van der Waals surface area contributed by atoms with Crippen LogP contribution in [-0.4, -0.2) is 68.9 Å². The highest BCUT2D eigenvalue weighted by Crippen LogP contribution is 1.73. The van der Waals surface area contributed by atoms with Gasteiger partial charge in [0.1, 0.15) is 0 Å². The molecule has 0 aromatic rings. The van der Waals surface area contributed by atoms with Crippen LogP contribution in [0.2, 0.25) is 0 Å². The maximum atomic E-state index is 8.43. The molecular weight excluding hydrogens is 214 g/mol. The van der Waals surface area contributed by atoms with Gasteiger partial charge in [-0.1, -0.05) is 0 Å². The van der Waals surface area contributed by atoms with Gasteiger partial charge in [-0.2, -0.15) is 0 Å². The number of hydrogen-bond donors (Lipinski definition) is 5. The molecule has 7 heteroatoms. The van der Waals surface area contributed by atoms with Crippen molar-refractivity contribution in [2.75, 3.05) is 52.7 Å². The molecule has 16 heavy (non-hydrogen) atoms. The highest BCUT2D eigenvalue weighted by Gasteiger charge is 1.94. The van der Waals surface area contributed by atoms with Crippen molar-refractivity contribution in [2.45, 2.75) is 0 Å². The molecule has 0 amide bonds. The monoisotopic (exact) mass is 235 g/mol. The van der Waals surface area contributed by atoms with Crippen molar-refractivity contribution in [1.82, 2.24) is 10.6 Å². The molecule has 0 saturated carbocycles. The molecular formula is C9H21N3O4. The van der Waals surface area contributed by atoms with E-state index in [-0.39, 0.29) is 19.2 Å². The molecule has 0 aromatic carbocycles. The van der Waals surface area contributed by atoms with Gasteiger partial charge < -0.3 is 30.3 Å². The molecule has 0 aromatic heterocycles. The summed E-state index contributed by atoms with van der Waals surface area (Å²) in [5.41, 5.74) is 0. The minimum atomic E-state index is 0.0118. The summed E-state index contributed by atoms with van der Waals surface area (Å²) in [6.45, 7) is 2.59. The second-order valence-corrected chi connectivity index (χ2v) is 2.90. The zero-order chi connectivity index (χ0) is 12.1. The molecule has 0 aliphatic heterocycles. The molecule has 0 rings (SSSR count). The molecule has 0 aliphatic carbocycles. The third kappa shape index (κ3) is 11.2. The normalized spacial score (nSPS) is 10.1. The minimum absolute atomic E-state index is 0.0118. The Hall–Kier alpha value is -0.890. The van der Waals surface area contributed by atoms with Crippen LogP contribution in [0.1, 0.15) is 0 Å².